The second-order valence-corrected chi connectivity index (χ2v) is 2.75. The van der Waals surface area contributed by atoms with Crippen molar-refractivity contribution in [2.75, 3.05) is 6.61 Å². The minimum Gasteiger partial charge on any atom is -0.494 e. The van der Waals surface area contributed by atoms with Gasteiger partial charge in [0.05, 0.1) is 6.61 Å². The number of carboxylic acid groups (broad SMARTS) is 1. The summed E-state index contributed by atoms with van der Waals surface area (Å²) >= 11 is 0. The van der Waals surface area contributed by atoms with Gasteiger partial charge in [-0.25, -0.2) is 4.79 Å². The maximum absolute atomic E-state index is 10.5. The van der Waals surface area contributed by atoms with Crippen molar-refractivity contribution in [2.45, 2.75) is 13.0 Å². The van der Waals surface area contributed by atoms with Gasteiger partial charge in [0.25, 0.3) is 0 Å². The Morgan fingerprint density at radius 2 is 2.29 bits per heavy atom. The van der Waals surface area contributed by atoms with Gasteiger partial charge in [0.2, 0.25) is 0 Å². The van der Waals surface area contributed by atoms with Crippen LogP contribution in [0.2, 0.25) is 0 Å². The Morgan fingerprint density at radius 3 is 2.86 bits per heavy atom. The van der Waals surface area contributed by atoms with Gasteiger partial charge in [-0.1, -0.05) is 12.1 Å². The lowest BCUT2D eigenvalue weighted by Gasteiger charge is -2.08. The van der Waals surface area contributed by atoms with Crippen molar-refractivity contribution in [2.24, 2.45) is 0 Å². The van der Waals surface area contributed by atoms with Gasteiger partial charge in [0, 0.05) is 0 Å². The van der Waals surface area contributed by atoms with E-state index in [1.54, 1.807) is 18.2 Å². The molecule has 1 rings (SSSR count). The summed E-state index contributed by atoms with van der Waals surface area (Å²) in [5.41, 5.74) is 0.323. The fourth-order valence-electron chi connectivity index (χ4n) is 1.08. The van der Waals surface area contributed by atoms with Crippen LogP contribution in [0.1, 0.15) is 18.6 Å². The highest BCUT2D eigenvalue weighted by atomic mass is 16.5. The Kier molecular flexibility index (Phi) is 3.48. The zero-order valence-corrected chi connectivity index (χ0v) is 7.80. The average molecular weight is 196 g/mol. The largest absolute Gasteiger partial charge is 0.494 e. The number of hydrogen-bond acceptors (Lipinski definition) is 3. The van der Waals surface area contributed by atoms with Gasteiger partial charge in [0.15, 0.2) is 6.10 Å². The predicted molar refractivity (Wildman–Crippen MR) is 50.2 cm³/mol. The molecule has 0 aliphatic rings. The fraction of sp³-hybridized carbons (Fsp3) is 0.300. The fourth-order valence-corrected chi connectivity index (χ4v) is 1.08. The monoisotopic (exact) mass is 196 g/mol. The van der Waals surface area contributed by atoms with E-state index in [0.717, 1.165) is 0 Å². The Morgan fingerprint density at radius 1 is 1.57 bits per heavy atom. The Balaban J connectivity index is 2.87. The molecule has 0 unspecified atom stereocenters. The zero-order chi connectivity index (χ0) is 10.6. The topological polar surface area (TPSA) is 66.8 Å². The summed E-state index contributed by atoms with van der Waals surface area (Å²) in [5, 5.41) is 17.8. The summed E-state index contributed by atoms with van der Waals surface area (Å²) in [5.74, 6) is -0.705. The summed E-state index contributed by atoms with van der Waals surface area (Å²) in [4.78, 5) is 10.5. The molecule has 0 saturated heterocycles. The number of benzene rings is 1. The zero-order valence-electron chi connectivity index (χ0n) is 7.80. The predicted octanol–water partition coefficient (Wildman–Crippen LogP) is 1.20. The highest BCUT2D eigenvalue weighted by molar-refractivity contribution is 5.74. The number of carboxylic acids is 1. The number of aliphatic hydroxyl groups excluding tert-OH is 1. The molecule has 0 aliphatic heterocycles. The number of ether oxygens (including phenoxy) is 1. The minimum absolute atomic E-state index is 0.323. The maximum atomic E-state index is 10.5. The van der Waals surface area contributed by atoms with E-state index in [1.165, 1.54) is 6.07 Å². The Hall–Kier alpha value is -1.55. The van der Waals surface area contributed by atoms with E-state index in [-0.39, 0.29) is 0 Å². The van der Waals surface area contributed by atoms with Gasteiger partial charge in [0.1, 0.15) is 5.75 Å². The molecule has 0 aromatic heterocycles. The summed E-state index contributed by atoms with van der Waals surface area (Å²) in [6.45, 7) is 2.34. The van der Waals surface area contributed by atoms with Gasteiger partial charge in [-0.05, 0) is 24.6 Å². The lowest BCUT2D eigenvalue weighted by Crippen LogP contribution is -2.10. The van der Waals surface area contributed by atoms with Crippen molar-refractivity contribution in [3.05, 3.63) is 29.8 Å². The molecule has 0 fully saturated rings. The van der Waals surface area contributed by atoms with Crippen LogP contribution in [0.5, 0.6) is 5.75 Å². The third kappa shape index (κ3) is 2.47. The lowest BCUT2D eigenvalue weighted by atomic mass is 10.1. The van der Waals surface area contributed by atoms with Gasteiger partial charge < -0.3 is 14.9 Å². The SMILES string of the molecule is CCOc1cccc([C@@H](O)C(=O)O)c1. The van der Waals surface area contributed by atoms with Crippen LogP contribution in [0.15, 0.2) is 24.3 Å². The molecule has 0 spiro atoms. The van der Waals surface area contributed by atoms with Gasteiger partial charge in [-0.3, -0.25) is 0 Å². The van der Waals surface area contributed by atoms with E-state index >= 15 is 0 Å². The smallest absolute Gasteiger partial charge is 0.337 e. The molecule has 2 N–H and O–H groups in total. The quantitative estimate of drug-likeness (QED) is 0.759. The third-order valence-corrected chi connectivity index (χ3v) is 1.72. The number of hydrogen-bond donors (Lipinski definition) is 2. The lowest BCUT2D eigenvalue weighted by molar-refractivity contribution is -0.146. The molecular weight excluding hydrogens is 184 g/mol. The molecule has 1 aromatic rings. The molecule has 0 aliphatic carbocycles. The van der Waals surface area contributed by atoms with Crippen LogP contribution in [0, 0.1) is 0 Å². The molecule has 0 saturated carbocycles. The third-order valence-electron chi connectivity index (χ3n) is 1.72. The first-order chi connectivity index (χ1) is 6.65. The normalized spacial score (nSPS) is 12.1. The van der Waals surface area contributed by atoms with Crippen molar-refractivity contribution in [1.29, 1.82) is 0 Å². The molecule has 1 aromatic carbocycles. The Bertz CT molecular complexity index is 322. The second-order valence-electron chi connectivity index (χ2n) is 2.75. The van der Waals surface area contributed by atoms with Crippen LogP contribution in [0.3, 0.4) is 0 Å². The highest BCUT2D eigenvalue weighted by Crippen LogP contribution is 2.19. The number of aliphatic hydroxyl groups is 1. The van der Waals surface area contributed by atoms with Gasteiger partial charge >= 0.3 is 5.97 Å². The number of rotatable bonds is 4. The van der Waals surface area contributed by atoms with Crippen LogP contribution >= 0.6 is 0 Å². The van der Waals surface area contributed by atoms with Crippen LogP contribution in [0.25, 0.3) is 0 Å². The number of carbonyl (C=O) groups is 1. The molecule has 4 heteroatoms. The van der Waals surface area contributed by atoms with Crippen molar-refractivity contribution >= 4 is 5.97 Å². The molecule has 0 bridgehead atoms. The molecule has 1 atom stereocenters. The Labute approximate surface area is 81.8 Å². The van der Waals surface area contributed by atoms with Crippen molar-refractivity contribution in [3.63, 3.8) is 0 Å². The molecule has 14 heavy (non-hydrogen) atoms. The van der Waals surface area contributed by atoms with Gasteiger partial charge in [-0.15, -0.1) is 0 Å². The van der Waals surface area contributed by atoms with E-state index in [1.807, 2.05) is 6.92 Å². The summed E-state index contributed by atoms with van der Waals surface area (Å²) in [7, 11) is 0. The summed E-state index contributed by atoms with van der Waals surface area (Å²) in [6, 6.07) is 6.41. The van der Waals surface area contributed by atoms with Gasteiger partial charge in [-0.2, -0.15) is 0 Å². The average Bonchev–Trinajstić information content (AvgIpc) is 2.17. The molecule has 0 heterocycles. The molecule has 0 amide bonds. The molecule has 4 nitrogen and oxygen atoms in total. The van der Waals surface area contributed by atoms with E-state index in [4.69, 9.17) is 9.84 Å². The standard InChI is InChI=1S/C10H12O4/c1-2-14-8-5-3-4-7(6-8)9(11)10(12)13/h3-6,9,11H,2H2,1H3,(H,12,13)/t9-/m1/s1. The number of aliphatic carboxylic acids is 1. The van der Waals surface area contributed by atoms with E-state index in [2.05, 4.69) is 0 Å². The van der Waals surface area contributed by atoms with Crippen LogP contribution < -0.4 is 4.74 Å². The first-order valence-electron chi connectivity index (χ1n) is 4.28. The van der Waals surface area contributed by atoms with Crippen LogP contribution in [-0.4, -0.2) is 22.8 Å². The highest BCUT2D eigenvalue weighted by Gasteiger charge is 2.15. The maximum Gasteiger partial charge on any atom is 0.337 e. The van der Waals surface area contributed by atoms with Crippen molar-refractivity contribution in [3.8, 4) is 5.75 Å². The van der Waals surface area contributed by atoms with Crippen molar-refractivity contribution < 1.29 is 19.7 Å². The van der Waals surface area contributed by atoms with E-state index in [9.17, 15) is 9.90 Å². The summed E-state index contributed by atoms with van der Waals surface area (Å²) < 4.78 is 5.17. The molecular formula is C10H12O4. The first-order valence-corrected chi connectivity index (χ1v) is 4.28. The minimum atomic E-state index is -1.49. The molecule has 76 valence electrons. The van der Waals surface area contributed by atoms with E-state index < -0.39 is 12.1 Å². The van der Waals surface area contributed by atoms with Crippen LogP contribution in [0.4, 0.5) is 0 Å². The van der Waals surface area contributed by atoms with Crippen molar-refractivity contribution in [1.82, 2.24) is 0 Å². The second kappa shape index (κ2) is 4.62. The summed E-state index contributed by atoms with van der Waals surface area (Å²) in [6.07, 6.45) is -1.49. The first kappa shape index (κ1) is 10.5. The van der Waals surface area contributed by atoms with Crippen LogP contribution in [-0.2, 0) is 4.79 Å². The molecule has 0 radical (unpaired) electrons. The van der Waals surface area contributed by atoms with E-state index in [0.29, 0.717) is 17.9 Å².